The number of hydrogen-bond donors (Lipinski definition) is 2. The van der Waals surface area contributed by atoms with Crippen LogP contribution in [0.4, 0.5) is 0 Å². The molecule has 0 bridgehead atoms. The van der Waals surface area contributed by atoms with E-state index in [0.29, 0.717) is 6.42 Å². The highest BCUT2D eigenvalue weighted by molar-refractivity contribution is 5.77. The van der Waals surface area contributed by atoms with Crippen molar-refractivity contribution < 1.29 is 9.59 Å². The molecule has 0 aromatic carbocycles. The van der Waals surface area contributed by atoms with E-state index in [1.807, 2.05) is 40.9 Å². The molecule has 0 aromatic rings. The van der Waals surface area contributed by atoms with Crippen LogP contribution in [-0.4, -0.2) is 26.3 Å². The number of allylic oxidation sites excluding steroid dienone is 2. The molecule has 0 aliphatic heterocycles. The highest BCUT2D eigenvalue weighted by Crippen LogP contribution is 2.10. The second-order valence-corrected chi connectivity index (χ2v) is 3.92. The lowest BCUT2D eigenvalue weighted by atomic mass is 9.99. The van der Waals surface area contributed by atoms with E-state index in [4.69, 9.17) is 5.73 Å². The molecule has 0 spiro atoms. The van der Waals surface area contributed by atoms with Crippen LogP contribution in [0.5, 0.6) is 0 Å². The quantitative estimate of drug-likeness (QED) is 0.582. The molecular weight excluding hydrogens is 252 g/mol. The molecule has 120 valence electrons. The molecule has 0 aliphatic rings. The predicted molar refractivity (Wildman–Crippen MR) is 89.6 cm³/mol. The van der Waals surface area contributed by atoms with Crippen molar-refractivity contribution in [2.75, 3.05) is 14.1 Å². The van der Waals surface area contributed by atoms with Gasteiger partial charge < -0.3 is 15.8 Å². The molecule has 4 heteroatoms. The van der Waals surface area contributed by atoms with Crippen LogP contribution in [0.1, 0.15) is 47.0 Å². The molecule has 0 saturated heterocycles. The molecule has 1 amide bonds. The maximum absolute atomic E-state index is 10.4. The van der Waals surface area contributed by atoms with Crippen LogP contribution in [0.15, 0.2) is 24.8 Å². The molecule has 0 rings (SSSR count). The van der Waals surface area contributed by atoms with Crippen LogP contribution >= 0.6 is 0 Å². The van der Waals surface area contributed by atoms with Gasteiger partial charge in [0.2, 0.25) is 5.91 Å². The van der Waals surface area contributed by atoms with Crippen molar-refractivity contribution in [2.24, 2.45) is 11.7 Å². The minimum Gasteiger partial charge on any atom is -0.370 e. The summed E-state index contributed by atoms with van der Waals surface area (Å²) in [5.74, 6) is -0.728. The first kappa shape index (κ1) is 27.0. The van der Waals surface area contributed by atoms with Gasteiger partial charge in [0.25, 0.3) is 0 Å². The highest BCUT2D eigenvalue weighted by atomic mass is 16.1. The second kappa shape index (κ2) is 26.2. The van der Waals surface area contributed by atoms with Crippen LogP contribution in [-0.2, 0) is 9.59 Å². The summed E-state index contributed by atoms with van der Waals surface area (Å²) < 4.78 is 0. The Balaban J connectivity index is -0.000000118. The van der Waals surface area contributed by atoms with E-state index in [1.54, 1.807) is 0 Å². The van der Waals surface area contributed by atoms with Crippen molar-refractivity contribution in [1.82, 2.24) is 5.32 Å². The first-order valence-electron chi connectivity index (χ1n) is 6.96. The monoisotopic (exact) mass is 286 g/mol. The standard InChI is InChI=1S/C8H13NO2.C4H8.C2H7N.C2H6/c1-6(2)3-7(5-10)4-8(9)11;1-3-4-2;1-3-2;1-2/h5,7H,1,3-4H2,2H3,(H2,9,11);3H,1,4H2,2H3;3H,1-2H3;1-2H3. The molecule has 0 aromatic heterocycles. The third-order valence-corrected chi connectivity index (χ3v) is 1.56. The van der Waals surface area contributed by atoms with E-state index in [2.05, 4.69) is 25.4 Å². The van der Waals surface area contributed by atoms with Crippen molar-refractivity contribution >= 4 is 12.2 Å². The van der Waals surface area contributed by atoms with Crippen molar-refractivity contribution in [3.05, 3.63) is 24.8 Å². The first-order chi connectivity index (χ1) is 9.39. The topological polar surface area (TPSA) is 72.2 Å². The molecule has 0 aliphatic carbocycles. The van der Waals surface area contributed by atoms with Crippen molar-refractivity contribution in [3.8, 4) is 0 Å². The van der Waals surface area contributed by atoms with Gasteiger partial charge in [0.1, 0.15) is 6.29 Å². The minimum atomic E-state index is -0.441. The van der Waals surface area contributed by atoms with E-state index in [-0.39, 0.29) is 12.3 Å². The van der Waals surface area contributed by atoms with Crippen LogP contribution in [0, 0.1) is 5.92 Å². The van der Waals surface area contributed by atoms with Gasteiger partial charge in [0, 0.05) is 12.3 Å². The Morgan fingerprint density at radius 1 is 1.30 bits per heavy atom. The molecule has 0 fully saturated rings. The Hall–Kier alpha value is -1.42. The SMILES string of the molecule is C=C(C)CC(C=O)CC(N)=O.C=CCC.CC.CNC. The van der Waals surface area contributed by atoms with Gasteiger partial charge in [-0.3, -0.25) is 4.79 Å². The zero-order valence-corrected chi connectivity index (χ0v) is 14.2. The fourth-order valence-corrected chi connectivity index (χ4v) is 0.874. The molecule has 1 unspecified atom stereocenters. The zero-order chi connectivity index (χ0) is 17.0. The summed E-state index contributed by atoms with van der Waals surface area (Å²) >= 11 is 0. The maximum atomic E-state index is 10.4. The fraction of sp³-hybridized carbons (Fsp3) is 0.625. The summed E-state index contributed by atoms with van der Waals surface area (Å²) in [5, 5.41) is 2.75. The van der Waals surface area contributed by atoms with Gasteiger partial charge in [-0.1, -0.05) is 32.4 Å². The van der Waals surface area contributed by atoms with Gasteiger partial charge >= 0.3 is 0 Å². The summed E-state index contributed by atoms with van der Waals surface area (Å²) in [6.07, 6.45) is 4.38. The number of aldehydes is 1. The van der Waals surface area contributed by atoms with E-state index in [1.165, 1.54) is 0 Å². The molecule has 4 nitrogen and oxygen atoms in total. The molecule has 0 saturated carbocycles. The summed E-state index contributed by atoms with van der Waals surface area (Å²) in [4.78, 5) is 20.7. The van der Waals surface area contributed by atoms with Crippen molar-refractivity contribution in [2.45, 2.75) is 47.0 Å². The van der Waals surface area contributed by atoms with E-state index < -0.39 is 5.91 Å². The van der Waals surface area contributed by atoms with Crippen LogP contribution in [0.3, 0.4) is 0 Å². The van der Waals surface area contributed by atoms with Crippen molar-refractivity contribution in [1.29, 1.82) is 0 Å². The second-order valence-electron chi connectivity index (χ2n) is 3.92. The number of carbonyl (C=O) groups excluding carboxylic acids is 2. The number of amides is 1. The molecular formula is C16H34N2O2. The molecule has 20 heavy (non-hydrogen) atoms. The Morgan fingerprint density at radius 2 is 1.65 bits per heavy atom. The number of primary amides is 1. The van der Waals surface area contributed by atoms with Crippen LogP contribution < -0.4 is 11.1 Å². The molecule has 0 radical (unpaired) electrons. The predicted octanol–water partition coefficient (Wildman–Crippen LogP) is 3.09. The van der Waals surface area contributed by atoms with Crippen LogP contribution in [0.25, 0.3) is 0 Å². The lowest BCUT2D eigenvalue weighted by Gasteiger charge is -2.05. The van der Waals surface area contributed by atoms with Crippen molar-refractivity contribution in [3.63, 3.8) is 0 Å². The van der Waals surface area contributed by atoms with Crippen LogP contribution in [0.2, 0.25) is 0 Å². The number of hydrogen-bond acceptors (Lipinski definition) is 3. The third kappa shape index (κ3) is 43.9. The average molecular weight is 286 g/mol. The normalized spacial score (nSPS) is 9.10. The summed E-state index contributed by atoms with van der Waals surface area (Å²) in [5.41, 5.74) is 5.81. The Labute approximate surface area is 125 Å². The number of rotatable bonds is 6. The molecule has 0 heterocycles. The zero-order valence-electron chi connectivity index (χ0n) is 14.2. The largest absolute Gasteiger partial charge is 0.370 e. The minimum absolute atomic E-state index is 0.121. The Bertz CT molecular complexity index is 223. The van der Waals surface area contributed by atoms with E-state index in [9.17, 15) is 9.59 Å². The van der Waals surface area contributed by atoms with Gasteiger partial charge in [0.05, 0.1) is 0 Å². The number of nitrogens with two attached hydrogens (primary N) is 1. The van der Waals surface area contributed by atoms with E-state index >= 15 is 0 Å². The Morgan fingerprint density at radius 3 is 1.80 bits per heavy atom. The smallest absolute Gasteiger partial charge is 0.218 e. The molecule has 3 N–H and O–H groups in total. The van der Waals surface area contributed by atoms with Gasteiger partial charge in [-0.25, -0.2) is 0 Å². The summed E-state index contributed by atoms with van der Waals surface area (Å²) in [6, 6.07) is 0. The van der Waals surface area contributed by atoms with Gasteiger partial charge in [-0.15, -0.1) is 13.2 Å². The first-order valence-corrected chi connectivity index (χ1v) is 6.96. The lowest BCUT2D eigenvalue weighted by Crippen LogP contribution is -2.17. The summed E-state index contributed by atoms with van der Waals surface area (Å²) in [6.45, 7) is 15.0. The average Bonchev–Trinajstić information content (AvgIpc) is 2.40. The van der Waals surface area contributed by atoms with E-state index in [0.717, 1.165) is 18.3 Å². The van der Waals surface area contributed by atoms with Gasteiger partial charge in [-0.05, 0) is 33.9 Å². The highest BCUT2D eigenvalue weighted by Gasteiger charge is 2.09. The third-order valence-electron chi connectivity index (χ3n) is 1.56. The number of nitrogens with one attached hydrogen (secondary N) is 1. The maximum Gasteiger partial charge on any atom is 0.218 e. The number of carbonyl (C=O) groups is 2. The Kier molecular flexibility index (Phi) is 35.4. The van der Waals surface area contributed by atoms with Gasteiger partial charge in [0.15, 0.2) is 0 Å². The lowest BCUT2D eigenvalue weighted by molar-refractivity contribution is -0.121. The summed E-state index contributed by atoms with van der Waals surface area (Å²) in [7, 11) is 3.75. The van der Waals surface area contributed by atoms with Gasteiger partial charge in [-0.2, -0.15) is 0 Å². The fourth-order valence-electron chi connectivity index (χ4n) is 0.874. The molecule has 1 atom stereocenters.